The lowest BCUT2D eigenvalue weighted by atomic mass is 9.72. The molecule has 1 aliphatic rings. The van der Waals surface area contributed by atoms with Crippen LogP contribution in [0.2, 0.25) is 5.02 Å². The van der Waals surface area contributed by atoms with Gasteiger partial charge in [0.2, 0.25) is 5.95 Å². The van der Waals surface area contributed by atoms with Gasteiger partial charge < -0.3 is 15.2 Å². The van der Waals surface area contributed by atoms with Crippen molar-refractivity contribution in [1.29, 1.82) is 0 Å². The van der Waals surface area contributed by atoms with Gasteiger partial charge in [0.25, 0.3) is 0 Å². The second kappa shape index (κ2) is 6.67. The Hall–Kier alpha value is -2.79. The fourth-order valence-corrected chi connectivity index (χ4v) is 4.04. The summed E-state index contributed by atoms with van der Waals surface area (Å²) in [5.41, 5.74) is 5.73. The minimum Gasteiger partial charge on any atom is -0.506 e. The fraction of sp³-hybridized carbons (Fsp3) is 0.273. The number of ether oxygens (including phenoxy) is 1. The van der Waals surface area contributed by atoms with E-state index in [1.165, 1.54) is 5.56 Å². The van der Waals surface area contributed by atoms with Crippen molar-refractivity contribution in [2.45, 2.75) is 32.6 Å². The van der Waals surface area contributed by atoms with Gasteiger partial charge in [-0.25, -0.2) is 9.97 Å². The standard InChI is InChI=1S/C22H22ClN3O2/c1-12-7-14(8-18(23)20(12)27)25-21-24-11-13-10-22(2,3)17-6-5-15(28-4)9-16(17)19(13)26-21/h5-9,11,27H,10H2,1-4H3,(H,24,25,26). The van der Waals surface area contributed by atoms with Crippen LogP contribution in [0.5, 0.6) is 11.5 Å². The van der Waals surface area contributed by atoms with Gasteiger partial charge in [-0.3, -0.25) is 0 Å². The average Bonchev–Trinajstić information content (AvgIpc) is 2.66. The molecule has 0 fully saturated rings. The Kier molecular flexibility index (Phi) is 4.42. The van der Waals surface area contributed by atoms with E-state index in [0.717, 1.165) is 34.7 Å². The number of fused-ring (bicyclic) bond motifs is 3. The van der Waals surface area contributed by atoms with Crippen LogP contribution in [0.15, 0.2) is 36.5 Å². The molecule has 0 radical (unpaired) electrons. The highest BCUT2D eigenvalue weighted by molar-refractivity contribution is 6.32. The van der Waals surface area contributed by atoms with Crippen molar-refractivity contribution >= 4 is 23.2 Å². The molecule has 0 atom stereocenters. The van der Waals surface area contributed by atoms with E-state index < -0.39 is 0 Å². The number of rotatable bonds is 3. The van der Waals surface area contributed by atoms with Crippen LogP contribution in [-0.4, -0.2) is 22.2 Å². The molecule has 0 amide bonds. The van der Waals surface area contributed by atoms with Crippen molar-refractivity contribution in [2.24, 2.45) is 0 Å². The predicted molar refractivity (Wildman–Crippen MR) is 112 cm³/mol. The summed E-state index contributed by atoms with van der Waals surface area (Å²) in [6, 6.07) is 9.62. The largest absolute Gasteiger partial charge is 0.506 e. The smallest absolute Gasteiger partial charge is 0.227 e. The molecule has 1 heterocycles. The average molecular weight is 396 g/mol. The quantitative estimate of drug-likeness (QED) is 0.581. The number of nitrogens with one attached hydrogen (secondary N) is 1. The number of hydrogen-bond donors (Lipinski definition) is 2. The number of halogens is 1. The van der Waals surface area contributed by atoms with E-state index in [9.17, 15) is 5.11 Å². The second-order valence-electron chi connectivity index (χ2n) is 7.79. The highest BCUT2D eigenvalue weighted by Gasteiger charge is 2.32. The Labute approximate surface area is 169 Å². The van der Waals surface area contributed by atoms with Crippen molar-refractivity contribution in [1.82, 2.24) is 9.97 Å². The third kappa shape index (κ3) is 3.16. The van der Waals surface area contributed by atoms with Gasteiger partial charge in [0, 0.05) is 17.4 Å². The van der Waals surface area contributed by atoms with Crippen molar-refractivity contribution < 1.29 is 9.84 Å². The van der Waals surface area contributed by atoms with Crippen LogP contribution in [0.3, 0.4) is 0 Å². The maximum Gasteiger partial charge on any atom is 0.227 e. The van der Waals surface area contributed by atoms with Crippen molar-refractivity contribution in [3.63, 3.8) is 0 Å². The molecule has 0 unspecified atom stereocenters. The molecular formula is C22H22ClN3O2. The third-order valence-corrected chi connectivity index (χ3v) is 5.51. The monoisotopic (exact) mass is 395 g/mol. The van der Waals surface area contributed by atoms with E-state index in [1.807, 2.05) is 24.4 Å². The number of phenols is 1. The lowest BCUT2D eigenvalue weighted by Gasteiger charge is -2.33. The predicted octanol–water partition coefficient (Wildman–Crippen LogP) is 5.40. The molecule has 2 N–H and O–H groups in total. The third-order valence-electron chi connectivity index (χ3n) is 5.22. The van der Waals surface area contributed by atoms with E-state index in [-0.39, 0.29) is 16.2 Å². The first kappa shape index (κ1) is 18.6. The van der Waals surface area contributed by atoms with Crippen LogP contribution in [0.4, 0.5) is 11.6 Å². The van der Waals surface area contributed by atoms with Crippen LogP contribution in [-0.2, 0) is 11.8 Å². The number of aromatic hydroxyl groups is 1. The molecule has 2 aromatic carbocycles. The first-order valence-corrected chi connectivity index (χ1v) is 9.47. The molecule has 1 aromatic heterocycles. The molecule has 0 aliphatic heterocycles. The Balaban J connectivity index is 1.78. The first-order chi connectivity index (χ1) is 13.3. The molecule has 0 saturated carbocycles. The Bertz CT molecular complexity index is 1060. The number of phenolic OH excluding ortho intramolecular Hbond substituents is 1. The van der Waals surface area contributed by atoms with Gasteiger partial charge in [-0.1, -0.05) is 31.5 Å². The number of methoxy groups -OCH3 is 1. The summed E-state index contributed by atoms with van der Waals surface area (Å²) >= 11 is 6.09. The molecule has 4 rings (SSSR count). The Morgan fingerprint density at radius 3 is 2.71 bits per heavy atom. The maximum absolute atomic E-state index is 9.86. The van der Waals surface area contributed by atoms with E-state index in [0.29, 0.717) is 11.5 Å². The van der Waals surface area contributed by atoms with Gasteiger partial charge >= 0.3 is 0 Å². The molecular weight excluding hydrogens is 374 g/mol. The van der Waals surface area contributed by atoms with Crippen LogP contribution in [0.25, 0.3) is 11.3 Å². The van der Waals surface area contributed by atoms with Crippen LogP contribution in [0, 0.1) is 6.92 Å². The van der Waals surface area contributed by atoms with Crippen molar-refractivity contribution in [3.8, 4) is 22.8 Å². The number of aryl methyl sites for hydroxylation is 1. The van der Waals surface area contributed by atoms with Gasteiger partial charge in [-0.15, -0.1) is 0 Å². The number of aromatic nitrogens is 2. The Morgan fingerprint density at radius 2 is 2.00 bits per heavy atom. The topological polar surface area (TPSA) is 67.3 Å². The summed E-state index contributed by atoms with van der Waals surface area (Å²) in [5.74, 6) is 1.37. The number of hydrogen-bond acceptors (Lipinski definition) is 5. The highest BCUT2D eigenvalue weighted by atomic mass is 35.5. The molecule has 3 aromatic rings. The normalized spacial score (nSPS) is 14.2. The zero-order valence-electron chi connectivity index (χ0n) is 16.3. The summed E-state index contributed by atoms with van der Waals surface area (Å²) in [6.07, 6.45) is 2.75. The molecule has 0 spiro atoms. The number of anilines is 2. The van der Waals surface area contributed by atoms with Gasteiger partial charge in [0.1, 0.15) is 11.5 Å². The highest BCUT2D eigenvalue weighted by Crippen LogP contribution is 2.43. The van der Waals surface area contributed by atoms with Crippen molar-refractivity contribution in [3.05, 3.63) is 58.2 Å². The SMILES string of the molecule is COc1ccc2c(c1)-c1nc(Nc3cc(C)c(O)c(Cl)c3)ncc1CC2(C)C. The second-order valence-corrected chi connectivity index (χ2v) is 8.20. The zero-order valence-corrected chi connectivity index (χ0v) is 17.1. The van der Waals surface area contributed by atoms with Crippen LogP contribution < -0.4 is 10.1 Å². The van der Waals surface area contributed by atoms with Crippen molar-refractivity contribution in [2.75, 3.05) is 12.4 Å². The number of nitrogens with zero attached hydrogens (tertiary/aromatic N) is 2. The summed E-state index contributed by atoms with van der Waals surface area (Å²) in [7, 11) is 1.67. The Morgan fingerprint density at radius 1 is 1.21 bits per heavy atom. The molecule has 5 nitrogen and oxygen atoms in total. The van der Waals surface area contributed by atoms with Gasteiger partial charge in [-0.05, 0) is 59.7 Å². The van der Waals surface area contributed by atoms with E-state index in [2.05, 4.69) is 30.2 Å². The van der Waals surface area contributed by atoms with E-state index >= 15 is 0 Å². The van der Waals surface area contributed by atoms with E-state index in [4.69, 9.17) is 21.3 Å². The lowest BCUT2D eigenvalue weighted by molar-refractivity contribution is 0.414. The minimum atomic E-state index is -0.00545. The molecule has 1 aliphatic carbocycles. The zero-order chi connectivity index (χ0) is 20.1. The summed E-state index contributed by atoms with van der Waals surface area (Å²) in [5, 5.41) is 13.3. The molecule has 28 heavy (non-hydrogen) atoms. The summed E-state index contributed by atoms with van der Waals surface area (Å²) in [6.45, 7) is 6.26. The summed E-state index contributed by atoms with van der Waals surface area (Å²) in [4.78, 5) is 9.28. The fourth-order valence-electron chi connectivity index (χ4n) is 3.78. The molecule has 144 valence electrons. The van der Waals surface area contributed by atoms with Gasteiger partial charge in [0.05, 0.1) is 17.8 Å². The summed E-state index contributed by atoms with van der Waals surface area (Å²) < 4.78 is 5.43. The van der Waals surface area contributed by atoms with Crippen LogP contribution in [0.1, 0.15) is 30.5 Å². The number of benzene rings is 2. The van der Waals surface area contributed by atoms with Gasteiger partial charge in [0.15, 0.2) is 0 Å². The van der Waals surface area contributed by atoms with E-state index in [1.54, 1.807) is 20.1 Å². The minimum absolute atomic E-state index is 0.00545. The molecule has 6 heteroatoms. The first-order valence-electron chi connectivity index (χ1n) is 9.09. The maximum atomic E-state index is 9.86. The van der Waals surface area contributed by atoms with Crippen LogP contribution >= 0.6 is 11.6 Å². The molecule has 0 bridgehead atoms. The van der Waals surface area contributed by atoms with Gasteiger partial charge in [-0.2, -0.15) is 0 Å². The lowest BCUT2D eigenvalue weighted by Crippen LogP contribution is -2.26. The molecule has 0 saturated heterocycles.